The number of fused-ring (bicyclic) bond motifs is 1. The Hall–Kier alpha value is -3.86. The molecule has 0 bridgehead atoms. The van der Waals surface area contributed by atoms with E-state index >= 15 is 0 Å². The van der Waals surface area contributed by atoms with Gasteiger partial charge in [0.25, 0.3) is 5.91 Å². The summed E-state index contributed by atoms with van der Waals surface area (Å²) in [5.41, 5.74) is 2.96. The highest BCUT2D eigenvalue weighted by atomic mass is 16.2. The Labute approximate surface area is 198 Å². The zero-order valence-corrected chi connectivity index (χ0v) is 18.9. The molecule has 34 heavy (non-hydrogen) atoms. The van der Waals surface area contributed by atoms with Crippen molar-refractivity contribution in [2.45, 2.75) is 31.3 Å². The van der Waals surface area contributed by atoms with Crippen molar-refractivity contribution < 1.29 is 14.4 Å². The standard InChI is InChI=1S/C26H27N5O3/c27-16-18-6-8-19(9-7-18)29-12-3-13-30(15-14-29)23(32)17-28-25(33)24-21-4-1-2-5-22(21)26(34)31(24)20-10-11-20/h1-2,4-9,20,24H,3,10-15,17H2,(H,28,33). The molecule has 5 rings (SSSR count). The van der Waals surface area contributed by atoms with Crippen LogP contribution >= 0.6 is 0 Å². The number of hydrogen-bond acceptors (Lipinski definition) is 5. The van der Waals surface area contributed by atoms with Crippen LogP contribution in [0, 0.1) is 11.3 Å². The molecule has 174 valence electrons. The molecule has 1 saturated carbocycles. The first-order valence-electron chi connectivity index (χ1n) is 11.8. The molecule has 1 saturated heterocycles. The van der Waals surface area contributed by atoms with Crippen LogP contribution in [0.2, 0.25) is 0 Å². The predicted molar refractivity (Wildman–Crippen MR) is 126 cm³/mol. The summed E-state index contributed by atoms with van der Waals surface area (Å²) in [6, 6.07) is 16.3. The van der Waals surface area contributed by atoms with E-state index in [2.05, 4.69) is 16.3 Å². The molecule has 1 aliphatic carbocycles. The number of nitrogens with one attached hydrogen (secondary N) is 1. The minimum atomic E-state index is -0.667. The summed E-state index contributed by atoms with van der Waals surface area (Å²) in [4.78, 5) is 44.6. The number of amides is 3. The van der Waals surface area contributed by atoms with Gasteiger partial charge in [0.05, 0.1) is 18.2 Å². The van der Waals surface area contributed by atoms with Gasteiger partial charge in [0.15, 0.2) is 0 Å². The topological polar surface area (TPSA) is 96.7 Å². The Morgan fingerprint density at radius 1 is 1.00 bits per heavy atom. The third-order valence-corrected chi connectivity index (χ3v) is 6.81. The van der Waals surface area contributed by atoms with Gasteiger partial charge in [-0.25, -0.2) is 0 Å². The number of rotatable bonds is 5. The van der Waals surface area contributed by atoms with E-state index in [0.717, 1.165) is 37.1 Å². The van der Waals surface area contributed by atoms with Gasteiger partial charge >= 0.3 is 0 Å². The van der Waals surface area contributed by atoms with Crippen molar-refractivity contribution in [1.82, 2.24) is 15.1 Å². The maximum atomic E-state index is 13.1. The molecule has 2 aliphatic heterocycles. The molecule has 8 heteroatoms. The summed E-state index contributed by atoms with van der Waals surface area (Å²) in [6.45, 7) is 2.61. The molecule has 3 amide bonds. The van der Waals surface area contributed by atoms with Crippen molar-refractivity contribution in [2.75, 3.05) is 37.6 Å². The number of carbonyl (C=O) groups excluding carboxylic acids is 3. The Bertz CT molecular complexity index is 1150. The normalized spacial score (nSPS) is 19.9. The van der Waals surface area contributed by atoms with Crippen LogP contribution in [0.15, 0.2) is 48.5 Å². The predicted octanol–water partition coefficient (Wildman–Crippen LogP) is 2.07. The van der Waals surface area contributed by atoms with E-state index in [1.54, 1.807) is 28.0 Å². The van der Waals surface area contributed by atoms with Crippen LogP contribution in [0.1, 0.15) is 46.8 Å². The minimum Gasteiger partial charge on any atom is -0.370 e. The second-order valence-corrected chi connectivity index (χ2v) is 9.03. The molecule has 1 atom stereocenters. The van der Waals surface area contributed by atoms with Gasteiger partial charge in [0, 0.05) is 43.5 Å². The molecular weight excluding hydrogens is 430 g/mol. The van der Waals surface area contributed by atoms with E-state index in [1.807, 2.05) is 30.3 Å². The fraction of sp³-hybridized carbons (Fsp3) is 0.385. The van der Waals surface area contributed by atoms with E-state index in [1.165, 1.54) is 0 Å². The quantitative estimate of drug-likeness (QED) is 0.742. The monoisotopic (exact) mass is 457 g/mol. The third kappa shape index (κ3) is 4.21. The summed E-state index contributed by atoms with van der Waals surface area (Å²) in [7, 11) is 0. The first kappa shape index (κ1) is 22.0. The number of carbonyl (C=O) groups is 3. The van der Waals surface area contributed by atoms with Gasteiger partial charge in [-0.1, -0.05) is 18.2 Å². The highest BCUT2D eigenvalue weighted by Crippen LogP contribution is 2.41. The largest absolute Gasteiger partial charge is 0.370 e. The maximum absolute atomic E-state index is 13.1. The molecular formula is C26H27N5O3. The molecule has 8 nitrogen and oxygen atoms in total. The van der Waals surface area contributed by atoms with Gasteiger partial charge in [-0.3, -0.25) is 14.4 Å². The maximum Gasteiger partial charge on any atom is 0.255 e. The molecule has 3 aliphatic rings. The van der Waals surface area contributed by atoms with Gasteiger partial charge < -0.3 is 20.0 Å². The van der Waals surface area contributed by atoms with Gasteiger partial charge in [0.1, 0.15) is 6.04 Å². The van der Waals surface area contributed by atoms with Gasteiger partial charge in [-0.2, -0.15) is 5.26 Å². The van der Waals surface area contributed by atoms with Crippen LogP contribution in [0.4, 0.5) is 5.69 Å². The van der Waals surface area contributed by atoms with E-state index in [-0.39, 0.29) is 30.3 Å². The number of hydrogen-bond donors (Lipinski definition) is 1. The Morgan fingerprint density at radius 2 is 1.76 bits per heavy atom. The molecule has 1 N–H and O–H groups in total. The van der Waals surface area contributed by atoms with Crippen LogP contribution in [0.5, 0.6) is 0 Å². The second-order valence-electron chi connectivity index (χ2n) is 9.03. The average molecular weight is 458 g/mol. The van der Waals surface area contributed by atoms with Crippen LogP contribution in [0.25, 0.3) is 0 Å². The summed E-state index contributed by atoms with van der Waals surface area (Å²) in [5, 5.41) is 11.8. The molecule has 2 heterocycles. The lowest BCUT2D eigenvalue weighted by Crippen LogP contribution is -2.45. The van der Waals surface area contributed by atoms with Gasteiger partial charge in [0.2, 0.25) is 11.8 Å². The Balaban J connectivity index is 1.19. The van der Waals surface area contributed by atoms with E-state index in [9.17, 15) is 14.4 Å². The first-order valence-corrected chi connectivity index (χ1v) is 11.8. The van der Waals surface area contributed by atoms with Crippen LogP contribution < -0.4 is 10.2 Å². The molecule has 2 fully saturated rings. The number of anilines is 1. The fourth-order valence-corrected chi connectivity index (χ4v) is 4.88. The molecule has 0 aromatic heterocycles. The summed E-state index contributed by atoms with van der Waals surface area (Å²) >= 11 is 0. The van der Waals surface area contributed by atoms with Crippen molar-refractivity contribution in [3.8, 4) is 6.07 Å². The van der Waals surface area contributed by atoms with Gasteiger partial charge in [-0.15, -0.1) is 0 Å². The fourth-order valence-electron chi connectivity index (χ4n) is 4.88. The first-order chi connectivity index (χ1) is 16.6. The van der Waals surface area contributed by atoms with Crippen molar-refractivity contribution >= 4 is 23.4 Å². The molecule has 0 spiro atoms. The summed E-state index contributed by atoms with van der Waals surface area (Å²) in [6.07, 6.45) is 2.64. The van der Waals surface area contributed by atoms with Crippen molar-refractivity contribution in [2.24, 2.45) is 0 Å². The smallest absolute Gasteiger partial charge is 0.255 e. The minimum absolute atomic E-state index is 0.0823. The van der Waals surface area contributed by atoms with Crippen LogP contribution in [0.3, 0.4) is 0 Å². The molecule has 0 radical (unpaired) electrons. The van der Waals surface area contributed by atoms with E-state index in [4.69, 9.17) is 5.26 Å². The lowest BCUT2D eigenvalue weighted by atomic mass is 10.0. The van der Waals surface area contributed by atoms with Crippen LogP contribution in [-0.4, -0.2) is 66.3 Å². The zero-order chi connectivity index (χ0) is 23.7. The Morgan fingerprint density at radius 3 is 2.50 bits per heavy atom. The van der Waals surface area contributed by atoms with Crippen molar-refractivity contribution in [3.05, 3.63) is 65.2 Å². The lowest BCUT2D eigenvalue weighted by molar-refractivity contribution is -0.134. The third-order valence-electron chi connectivity index (χ3n) is 6.81. The lowest BCUT2D eigenvalue weighted by Gasteiger charge is -2.26. The summed E-state index contributed by atoms with van der Waals surface area (Å²) in [5.74, 6) is -0.516. The van der Waals surface area contributed by atoms with E-state index < -0.39 is 6.04 Å². The van der Waals surface area contributed by atoms with Crippen LogP contribution in [-0.2, 0) is 9.59 Å². The highest BCUT2D eigenvalue weighted by Gasteiger charge is 2.47. The van der Waals surface area contributed by atoms with E-state index in [0.29, 0.717) is 30.8 Å². The number of nitrogens with zero attached hydrogens (tertiary/aromatic N) is 4. The highest BCUT2D eigenvalue weighted by molar-refractivity contribution is 6.05. The molecule has 2 aromatic carbocycles. The zero-order valence-electron chi connectivity index (χ0n) is 18.9. The number of nitriles is 1. The number of benzene rings is 2. The molecule has 1 unspecified atom stereocenters. The summed E-state index contributed by atoms with van der Waals surface area (Å²) < 4.78 is 0. The average Bonchev–Trinajstić information content (AvgIpc) is 3.69. The van der Waals surface area contributed by atoms with Crippen molar-refractivity contribution in [1.29, 1.82) is 5.26 Å². The Kier molecular flexibility index (Phi) is 5.93. The second kappa shape index (κ2) is 9.18. The SMILES string of the molecule is N#Cc1ccc(N2CCCN(C(=O)CNC(=O)C3c4ccccc4C(=O)N3C3CC3)CC2)cc1. The van der Waals surface area contributed by atoms with Gasteiger partial charge in [-0.05, 0) is 55.2 Å². The van der Waals surface area contributed by atoms with Crippen molar-refractivity contribution in [3.63, 3.8) is 0 Å². The molecule has 2 aromatic rings.